The molecule has 1 aliphatic heterocycles. The maximum absolute atomic E-state index is 12.0. The first-order valence-electron chi connectivity index (χ1n) is 6.95. The van der Waals surface area contributed by atoms with Crippen LogP contribution in [0.5, 0.6) is 0 Å². The number of unbranched alkanes of at least 4 members (excludes halogenated alkanes) is 1. The summed E-state index contributed by atoms with van der Waals surface area (Å²) in [5, 5.41) is 3.85. The first-order valence-corrected chi connectivity index (χ1v) is 8.56. The van der Waals surface area contributed by atoms with Crippen LogP contribution in [0.15, 0.2) is 27.3 Å². The van der Waals surface area contributed by atoms with E-state index in [4.69, 9.17) is 8.94 Å². The second-order valence-electron chi connectivity index (χ2n) is 5.12. The van der Waals surface area contributed by atoms with Crippen LogP contribution in [0.2, 0.25) is 0 Å². The zero-order valence-electron chi connectivity index (χ0n) is 11.7. The molecule has 7 nitrogen and oxygen atoms in total. The van der Waals surface area contributed by atoms with Gasteiger partial charge in [0.25, 0.3) is 0 Å². The normalized spacial score (nSPS) is 17.0. The summed E-state index contributed by atoms with van der Waals surface area (Å²) in [6, 6.07) is 3.49. The smallest absolute Gasteiger partial charge is 0.238 e. The molecule has 0 saturated carbocycles. The molecule has 1 fully saturated rings. The van der Waals surface area contributed by atoms with Gasteiger partial charge in [-0.3, -0.25) is 0 Å². The number of hydrogen-bond donors (Lipinski definition) is 0. The van der Waals surface area contributed by atoms with Gasteiger partial charge >= 0.3 is 0 Å². The van der Waals surface area contributed by atoms with Crippen molar-refractivity contribution in [3.8, 4) is 11.6 Å². The van der Waals surface area contributed by atoms with Gasteiger partial charge in [0.2, 0.25) is 21.7 Å². The molecular weight excluding hydrogens is 294 g/mol. The predicted octanol–water partition coefficient (Wildman–Crippen LogP) is 1.86. The van der Waals surface area contributed by atoms with E-state index >= 15 is 0 Å². The molecule has 0 amide bonds. The monoisotopic (exact) mass is 311 g/mol. The molecule has 0 atom stereocenters. The summed E-state index contributed by atoms with van der Waals surface area (Å²) in [6.07, 6.45) is 3.09. The Bertz CT molecular complexity index is 687. The first-order chi connectivity index (χ1) is 10.1. The molecule has 0 spiro atoms. The molecule has 1 saturated heterocycles. The second kappa shape index (κ2) is 5.61. The van der Waals surface area contributed by atoms with E-state index in [0.717, 1.165) is 6.42 Å². The molecule has 21 heavy (non-hydrogen) atoms. The summed E-state index contributed by atoms with van der Waals surface area (Å²) in [5.74, 6) is 1.57. The number of aromatic nitrogens is 2. The topological polar surface area (TPSA) is 89.4 Å². The molecule has 0 bridgehead atoms. The Morgan fingerprint density at radius 2 is 2.24 bits per heavy atom. The number of sulfonamides is 1. The minimum Gasteiger partial charge on any atom is -0.461 e. The van der Waals surface area contributed by atoms with E-state index in [1.54, 1.807) is 12.1 Å². The fraction of sp³-hybridized carbons (Fsp3) is 0.538. The van der Waals surface area contributed by atoms with E-state index < -0.39 is 10.0 Å². The van der Waals surface area contributed by atoms with Gasteiger partial charge < -0.3 is 8.94 Å². The van der Waals surface area contributed by atoms with Crippen molar-refractivity contribution in [2.75, 3.05) is 18.8 Å². The average molecular weight is 311 g/mol. The molecule has 0 aliphatic carbocycles. The van der Waals surface area contributed by atoms with Gasteiger partial charge in [0.15, 0.2) is 5.76 Å². The number of hydrogen-bond acceptors (Lipinski definition) is 6. The van der Waals surface area contributed by atoms with Gasteiger partial charge in [-0.05, 0) is 18.6 Å². The third kappa shape index (κ3) is 2.86. The van der Waals surface area contributed by atoms with Crippen molar-refractivity contribution < 1.29 is 17.4 Å². The molecular formula is C13H17N3O4S. The molecule has 0 N–H and O–H groups in total. The highest BCUT2D eigenvalue weighted by molar-refractivity contribution is 7.89. The van der Waals surface area contributed by atoms with E-state index in [-0.39, 0.29) is 11.7 Å². The van der Waals surface area contributed by atoms with Gasteiger partial charge in [0, 0.05) is 13.1 Å². The highest BCUT2D eigenvalue weighted by atomic mass is 32.2. The average Bonchev–Trinajstić information content (AvgIpc) is 3.04. The molecule has 3 heterocycles. The molecule has 0 unspecified atom stereocenters. The van der Waals surface area contributed by atoms with Crippen molar-refractivity contribution in [2.24, 2.45) is 0 Å². The maximum Gasteiger partial charge on any atom is 0.238 e. The van der Waals surface area contributed by atoms with Gasteiger partial charge in [-0.15, -0.1) is 0 Å². The van der Waals surface area contributed by atoms with Crippen molar-refractivity contribution in [3.63, 3.8) is 0 Å². The standard InChI is InChI=1S/C13H17N3O4S/c1-2-3-7-21(17,18)16-8-10(9-16)13-14-12(15-20-13)11-5-4-6-19-11/h4-6,10H,2-3,7-9H2,1H3. The van der Waals surface area contributed by atoms with E-state index in [2.05, 4.69) is 10.1 Å². The van der Waals surface area contributed by atoms with E-state index in [1.165, 1.54) is 10.6 Å². The van der Waals surface area contributed by atoms with Gasteiger partial charge in [-0.25, -0.2) is 12.7 Å². The molecule has 1 aliphatic rings. The zero-order valence-corrected chi connectivity index (χ0v) is 12.5. The third-order valence-electron chi connectivity index (χ3n) is 3.53. The minimum atomic E-state index is -3.14. The van der Waals surface area contributed by atoms with Crippen LogP contribution in [0.1, 0.15) is 31.6 Å². The molecule has 0 radical (unpaired) electrons. The Labute approximate surface area is 123 Å². The third-order valence-corrected chi connectivity index (χ3v) is 5.42. The van der Waals surface area contributed by atoms with Gasteiger partial charge in [-0.2, -0.15) is 4.98 Å². The van der Waals surface area contributed by atoms with Crippen LogP contribution in [0.25, 0.3) is 11.6 Å². The van der Waals surface area contributed by atoms with Crippen LogP contribution < -0.4 is 0 Å². The van der Waals surface area contributed by atoms with E-state index in [0.29, 0.717) is 37.0 Å². The lowest BCUT2D eigenvalue weighted by Gasteiger charge is -2.35. The van der Waals surface area contributed by atoms with Crippen LogP contribution in [-0.2, 0) is 10.0 Å². The lowest BCUT2D eigenvalue weighted by Crippen LogP contribution is -2.49. The fourth-order valence-corrected chi connectivity index (χ4v) is 3.91. The van der Waals surface area contributed by atoms with Crippen LogP contribution in [0, 0.1) is 0 Å². The van der Waals surface area contributed by atoms with Gasteiger partial charge in [-0.1, -0.05) is 18.5 Å². The van der Waals surface area contributed by atoms with Crippen molar-refractivity contribution in [1.82, 2.24) is 14.4 Å². The highest BCUT2D eigenvalue weighted by Gasteiger charge is 2.39. The largest absolute Gasteiger partial charge is 0.461 e. The lowest BCUT2D eigenvalue weighted by molar-refractivity contribution is 0.216. The quantitative estimate of drug-likeness (QED) is 0.809. The summed E-state index contributed by atoms with van der Waals surface area (Å²) >= 11 is 0. The highest BCUT2D eigenvalue weighted by Crippen LogP contribution is 2.30. The van der Waals surface area contributed by atoms with Crippen molar-refractivity contribution in [3.05, 3.63) is 24.3 Å². The number of nitrogens with zero attached hydrogens (tertiary/aromatic N) is 3. The van der Waals surface area contributed by atoms with E-state index in [1.807, 2.05) is 6.92 Å². The summed E-state index contributed by atoms with van der Waals surface area (Å²) in [5.41, 5.74) is 0. The summed E-state index contributed by atoms with van der Waals surface area (Å²) < 4.78 is 35.8. The Hall–Kier alpha value is -1.67. The Balaban J connectivity index is 1.62. The maximum atomic E-state index is 12.0. The molecule has 2 aromatic rings. The SMILES string of the molecule is CCCCS(=O)(=O)N1CC(c2nc(-c3ccco3)no2)C1. The zero-order chi connectivity index (χ0) is 14.9. The second-order valence-corrected chi connectivity index (χ2v) is 7.21. The molecule has 114 valence electrons. The predicted molar refractivity (Wildman–Crippen MR) is 75.0 cm³/mol. The van der Waals surface area contributed by atoms with Crippen LogP contribution >= 0.6 is 0 Å². The lowest BCUT2D eigenvalue weighted by atomic mass is 10.0. The van der Waals surface area contributed by atoms with Gasteiger partial charge in [0.1, 0.15) is 0 Å². The number of furan rings is 1. The number of rotatable bonds is 6. The summed E-state index contributed by atoms with van der Waals surface area (Å²) in [4.78, 5) is 4.26. The first kappa shape index (κ1) is 14.3. The van der Waals surface area contributed by atoms with Crippen molar-refractivity contribution in [2.45, 2.75) is 25.7 Å². The summed E-state index contributed by atoms with van der Waals surface area (Å²) in [6.45, 7) is 2.79. The molecule has 2 aromatic heterocycles. The fourth-order valence-electron chi connectivity index (χ4n) is 2.18. The van der Waals surface area contributed by atoms with Crippen LogP contribution in [0.3, 0.4) is 0 Å². The molecule has 0 aromatic carbocycles. The molecule has 3 rings (SSSR count). The van der Waals surface area contributed by atoms with E-state index in [9.17, 15) is 8.42 Å². The Morgan fingerprint density at radius 3 is 2.90 bits per heavy atom. The minimum absolute atomic E-state index is 0.0300. The molecule has 8 heteroatoms. The van der Waals surface area contributed by atoms with Crippen molar-refractivity contribution >= 4 is 10.0 Å². The van der Waals surface area contributed by atoms with Crippen molar-refractivity contribution in [1.29, 1.82) is 0 Å². The summed E-state index contributed by atoms with van der Waals surface area (Å²) in [7, 11) is -3.14. The van der Waals surface area contributed by atoms with Crippen LogP contribution in [0.4, 0.5) is 0 Å². The van der Waals surface area contributed by atoms with Crippen LogP contribution in [-0.4, -0.2) is 41.7 Å². The Morgan fingerprint density at radius 1 is 1.43 bits per heavy atom. The van der Waals surface area contributed by atoms with Gasteiger partial charge in [0.05, 0.1) is 17.9 Å². The Kier molecular flexibility index (Phi) is 3.81.